The lowest BCUT2D eigenvalue weighted by Crippen LogP contribution is -2.29. The van der Waals surface area contributed by atoms with E-state index >= 15 is 0 Å². The van der Waals surface area contributed by atoms with Gasteiger partial charge in [0.15, 0.2) is 0 Å². The molecule has 0 heterocycles. The molecule has 2 rings (SSSR count). The van der Waals surface area contributed by atoms with Crippen molar-refractivity contribution in [1.82, 2.24) is 0 Å². The maximum absolute atomic E-state index is 5.95. The molecule has 1 atom stereocenters. The van der Waals surface area contributed by atoms with Crippen LogP contribution in [0.15, 0.2) is 60.7 Å². The van der Waals surface area contributed by atoms with Gasteiger partial charge in [0.25, 0.3) is 0 Å². The average Bonchev–Trinajstić information content (AvgIpc) is 2.38. The summed E-state index contributed by atoms with van der Waals surface area (Å²) >= 11 is 0. The van der Waals surface area contributed by atoms with E-state index < -0.39 is 9.04 Å². The zero-order valence-corrected chi connectivity index (χ0v) is 10.6. The Labute approximate surface area is 98.4 Å². The first-order valence-corrected chi connectivity index (χ1v) is 7.77. The highest BCUT2D eigenvalue weighted by Crippen LogP contribution is 2.02. The summed E-state index contributed by atoms with van der Waals surface area (Å²) in [6.45, 7) is 2.95. The quantitative estimate of drug-likeness (QED) is 0.731. The minimum atomic E-state index is -1.23. The van der Waals surface area contributed by atoms with Crippen molar-refractivity contribution >= 4 is 14.2 Å². The molecule has 0 spiro atoms. The third kappa shape index (κ3) is 3.05. The zero-order valence-electron chi connectivity index (χ0n) is 9.47. The molecule has 0 N–H and O–H groups in total. The second-order valence-electron chi connectivity index (χ2n) is 3.85. The van der Waals surface area contributed by atoms with Crippen LogP contribution in [-0.4, -0.2) is 9.04 Å². The summed E-state index contributed by atoms with van der Waals surface area (Å²) in [6.07, 6.45) is 0. The first-order valence-electron chi connectivity index (χ1n) is 5.57. The van der Waals surface area contributed by atoms with Crippen LogP contribution in [0, 0.1) is 0 Å². The molecular formula is C14H16OSi. The van der Waals surface area contributed by atoms with E-state index in [0.717, 1.165) is 6.61 Å². The van der Waals surface area contributed by atoms with Gasteiger partial charge in [-0.2, -0.15) is 0 Å². The molecule has 2 aromatic carbocycles. The van der Waals surface area contributed by atoms with Crippen molar-refractivity contribution < 1.29 is 4.43 Å². The number of hydrogen-bond acceptors (Lipinski definition) is 1. The molecule has 0 radical (unpaired) electrons. The largest absolute Gasteiger partial charge is 0.411 e. The predicted octanol–water partition coefficient (Wildman–Crippen LogP) is 2.46. The lowest BCUT2D eigenvalue weighted by atomic mass is 10.2. The van der Waals surface area contributed by atoms with Crippen molar-refractivity contribution in [2.75, 3.05) is 0 Å². The molecule has 2 aromatic rings. The predicted molar refractivity (Wildman–Crippen MR) is 70.3 cm³/mol. The summed E-state index contributed by atoms with van der Waals surface area (Å²) in [7, 11) is -1.23. The van der Waals surface area contributed by atoms with Crippen LogP contribution >= 0.6 is 0 Å². The molecule has 0 saturated carbocycles. The second kappa shape index (κ2) is 5.63. The third-order valence-corrected chi connectivity index (χ3v) is 4.60. The van der Waals surface area contributed by atoms with E-state index in [1.54, 1.807) is 0 Å². The minimum absolute atomic E-state index is 0.725. The van der Waals surface area contributed by atoms with Crippen LogP contribution in [0.25, 0.3) is 0 Å². The van der Waals surface area contributed by atoms with Gasteiger partial charge in [0.1, 0.15) is 0 Å². The van der Waals surface area contributed by atoms with Gasteiger partial charge in [0, 0.05) is 0 Å². The highest BCUT2D eigenvalue weighted by Gasteiger charge is 2.07. The van der Waals surface area contributed by atoms with Crippen LogP contribution in [-0.2, 0) is 11.0 Å². The number of hydrogen-bond donors (Lipinski definition) is 0. The van der Waals surface area contributed by atoms with Gasteiger partial charge in [-0.25, -0.2) is 0 Å². The number of rotatable bonds is 4. The Morgan fingerprint density at radius 2 is 1.44 bits per heavy atom. The van der Waals surface area contributed by atoms with Crippen molar-refractivity contribution in [1.29, 1.82) is 0 Å². The van der Waals surface area contributed by atoms with Crippen LogP contribution in [0.5, 0.6) is 0 Å². The number of benzene rings is 2. The first-order chi connectivity index (χ1) is 7.86. The van der Waals surface area contributed by atoms with E-state index in [9.17, 15) is 0 Å². The van der Waals surface area contributed by atoms with Gasteiger partial charge in [-0.05, 0) is 17.3 Å². The molecule has 16 heavy (non-hydrogen) atoms. The normalized spacial score (nSPS) is 12.3. The van der Waals surface area contributed by atoms with E-state index in [1.165, 1.54) is 10.8 Å². The maximum atomic E-state index is 5.95. The van der Waals surface area contributed by atoms with Crippen LogP contribution in [0.4, 0.5) is 0 Å². The van der Waals surface area contributed by atoms with Crippen molar-refractivity contribution in [2.24, 2.45) is 0 Å². The van der Waals surface area contributed by atoms with Gasteiger partial charge in [0.2, 0.25) is 9.04 Å². The summed E-state index contributed by atoms with van der Waals surface area (Å²) < 4.78 is 5.95. The summed E-state index contributed by atoms with van der Waals surface area (Å²) in [5, 5.41) is 1.36. The van der Waals surface area contributed by atoms with Gasteiger partial charge < -0.3 is 4.43 Å². The molecule has 82 valence electrons. The molecule has 0 saturated heterocycles. The molecule has 0 amide bonds. The fraction of sp³-hybridized carbons (Fsp3) is 0.143. The average molecular weight is 228 g/mol. The Morgan fingerprint density at radius 1 is 0.875 bits per heavy atom. The van der Waals surface area contributed by atoms with Gasteiger partial charge in [-0.1, -0.05) is 60.7 Å². The molecule has 0 aromatic heterocycles. The Morgan fingerprint density at radius 3 is 2.06 bits per heavy atom. The minimum Gasteiger partial charge on any atom is -0.411 e. The first kappa shape index (κ1) is 11.1. The lowest BCUT2D eigenvalue weighted by molar-refractivity contribution is 0.318. The van der Waals surface area contributed by atoms with Crippen molar-refractivity contribution in [3.8, 4) is 0 Å². The summed E-state index contributed by atoms with van der Waals surface area (Å²) in [6, 6.07) is 20.8. The molecule has 0 aliphatic carbocycles. The molecule has 1 nitrogen and oxygen atoms in total. The van der Waals surface area contributed by atoms with Crippen LogP contribution < -0.4 is 5.19 Å². The van der Waals surface area contributed by atoms with Crippen LogP contribution in [0.2, 0.25) is 6.55 Å². The van der Waals surface area contributed by atoms with Crippen molar-refractivity contribution in [3.63, 3.8) is 0 Å². The molecule has 0 aliphatic heterocycles. The van der Waals surface area contributed by atoms with E-state index in [-0.39, 0.29) is 0 Å². The van der Waals surface area contributed by atoms with Gasteiger partial charge in [-0.15, -0.1) is 0 Å². The fourth-order valence-corrected chi connectivity index (χ4v) is 3.01. The van der Waals surface area contributed by atoms with Crippen molar-refractivity contribution in [3.05, 3.63) is 66.2 Å². The van der Waals surface area contributed by atoms with E-state index in [2.05, 4.69) is 42.9 Å². The molecule has 0 aliphatic rings. The molecule has 2 heteroatoms. The summed E-state index contributed by atoms with van der Waals surface area (Å²) in [4.78, 5) is 0. The monoisotopic (exact) mass is 228 g/mol. The molecule has 0 bridgehead atoms. The van der Waals surface area contributed by atoms with E-state index in [1.807, 2.05) is 24.3 Å². The van der Waals surface area contributed by atoms with Gasteiger partial charge in [0.05, 0.1) is 6.61 Å². The topological polar surface area (TPSA) is 9.23 Å². The Balaban J connectivity index is 1.92. The van der Waals surface area contributed by atoms with Crippen molar-refractivity contribution in [2.45, 2.75) is 13.2 Å². The Kier molecular flexibility index (Phi) is 3.91. The van der Waals surface area contributed by atoms with E-state index in [0.29, 0.717) is 0 Å². The molecular weight excluding hydrogens is 212 g/mol. The molecule has 1 unspecified atom stereocenters. The highest BCUT2D eigenvalue weighted by atomic mass is 28.3. The van der Waals surface area contributed by atoms with Gasteiger partial charge >= 0.3 is 0 Å². The standard InChI is InChI=1S/C14H16OSi/c1-16(14-10-6-3-7-11-14)15-12-13-8-4-2-5-9-13/h2-11,16H,12H2,1H3. The van der Waals surface area contributed by atoms with Crippen LogP contribution in [0.3, 0.4) is 0 Å². The fourth-order valence-electron chi connectivity index (χ4n) is 1.62. The van der Waals surface area contributed by atoms with Gasteiger partial charge in [-0.3, -0.25) is 0 Å². The second-order valence-corrected chi connectivity index (χ2v) is 6.13. The SMILES string of the molecule is C[SiH](OCc1ccccc1)c1ccccc1. The Hall–Kier alpha value is -1.38. The van der Waals surface area contributed by atoms with Crippen LogP contribution in [0.1, 0.15) is 5.56 Å². The maximum Gasteiger partial charge on any atom is 0.205 e. The summed E-state index contributed by atoms with van der Waals surface area (Å²) in [5.74, 6) is 0. The third-order valence-electron chi connectivity index (χ3n) is 2.61. The Bertz CT molecular complexity index is 413. The summed E-state index contributed by atoms with van der Waals surface area (Å²) in [5.41, 5.74) is 1.25. The zero-order chi connectivity index (χ0) is 11.2. The molecule has 0 fully saturated rings. The smallest absolute Gasteiger partial charge is 0.205 e. The van der Waals surface area contributed by atoms with E-state index in [4.69, 9.17) is 4.43 Å². The highest BCUT2D eigenvalue weighted by molar-refractivity contribution is 6.66. The lowest BCUT2D eigenvalue weighted by Gasteiger charge is -2.11.